The fourth-order valence-electron chi connectivity index (χ4n) is 4.01. The van der Waals surface area contributed by atoms with Gasteiger partial charge in [0.15, 0.2) is 0 Å². The third-order valence-electron chi connectivity index (χ3n) is 5.21. The minimum atomic E-state index is 0.628. The molecule has 1 aromatic carbocycles. The molecule has 3 nitrogen and oxygen atoms in total. The Hall–Kier alpha value is -1.38. The molecule has 2 aliphatic rings. The van der Waals surface area contributed by atoms with E-state index >= 15 is 0 Å². The molecular weight excluding hydrogens is 258 g/mol. The van der Waals surface area contributed by atoms with Crippen molar-refractivity contribution in [1.82, 2.24) is 0 Å². The number of benzene rings is 1. The largest absolute Gasteiger partial charge is 0.397 e. The predicted octanol–water partition coefficient (Wildman–Crippen LogP) is 4.03. The minimum absolute atomic E-state index is 0.628. The van der Waals surface area contributed by atoms with Gasteiger partial charge in [-0.3, -0.25) is 0 Å². The maximum atomic E-state index is 6.39. The first-order valence-electron chi connectivity index (χ1n) is 8.59. The molecule has 0 radical (unpaired) electrons. The Morgan fingerprint density at radius 1 is 0.952 bits per heavy atom. The summed E-state index contributed by atoms with van der Waals surface area (Å²) in [7, 11) is 0. The Morgan fingerprint density at radius 2 is 1.57 bits per heavy atom. The number of nitrogens with two attached hydrogens (primary N) is 1. The lowest BCUT2D eigenvalue weighted by Crippen LogP contribution is -2.32. The van der Waals surface area contributed by atoms with Crippen molar-refractivity contribution >= 4 is 17.1 Å². The lowest BCUT2D eigenvalue weighted by Gasteiger charge is -2.30. The van der Waals surface area contributed by atoms with Crippen LogP contribution in [0.1, 0.15) is 52.4 Å². The number of hydrogen-bond donors (Lipinski definition) is 1. The summed E-state index contributed by atoms with van der Waals surface area (Å²) in [6, 6.07) is 7.97. The van der Waals surface area contributed by atoms with Crippen LogP contribution in [0.3, 0.4) is 0 Å². The molecule has 116 valence electrons. The fraction of sp³-hybridized carbons (Fsp3) is 0.667. The molecule has 2 saturated heterocycles. The van der Waals surface area contributed by atoms with E-state index in [1.807, 2.05) is 0 Å². The van der Waals surface area contributed by atoms with Crippen LogP contribution in [0.4, 0.5) is 17.1 Å². The highest BCUT2D eigenvalue weighted by Gasteiger charge is 2.27. The van der Waals surface area contributed by atoms with Gasteiger partial charge in [0.2, 0.25) is 0 Å². The summed E-state index contributed by atoms with van der Waals surface area (Å²) in [5.41, 5.74) is 9.87. The highest BCUT2D eigenvalue weighted by atomic mass is 15.2. The van der Waals surface area contributed by atoms with Gasteiger partial charge in [0, 0.05) is 30.9 Å². The van der Waals surface area contributed by atoms with Crippen molar-refractivity contribution in [1.29, 1.82) is 0 Å². The van der Waals surface area contributed by atoms with E-state index < -0.39 is 0 Å². The lowest BCUT2D eigenvalue weighted by atomic mass is 10.1. The van der Waals surface area contributed by atoms with Crippen LogP contribution in [0.2, 0.25) is 0 Å². The van der Waals surface area contributed by atoms with E-state index in [-0.39, 0.29) is 0 Å². The Balaban J connectivity index is 1.82. The maximum Gasteiger partial charge on any atom is 0.0601 e. The van der Waals surface area contributed by atoms with Gasteiger partial charge in [-0.2, -0.15) is 0 Å². The number of rotatable bonds is 2. The summed E-state index contributed by atoms with van der Waals surface area (Å²) in [6.07, 6.45) is 7.88. The smallest absolute Gasteiger partial charge is 0.0601 e. The van der Waals surface area contributed by atoms with Crippen LogP contribution in [0, 0.1) is 0 Å². The van der Waals surface area contributed by atoms with Gasteiger partial charge in [-0.05, 0) is 57.7 Å². The Kier molecular flexibility index (Phi) is 4.27. The van der Waals surface area contributed by atoms with Gasteiger partial charge in [0.1, 0.15) is 0 Å². The van der Waals surface area contributed by atoms with Crippen LogP contribution in [-0.4, -0.2) is 25.2 Å². The quantitative estimate of drug-likeness (QED) is 0.834. The molecule has 0 bridgehead atoms. The van der Waals surface area contributed by atoms with E-state index in [0.717, 1.165) is 18.8 Å². The van der Waals surface area contributed by atoms with Crippen molar-refractivity contribution in [2.75, 3.05) is 28.6 Å². The highest BCUT2D eigenvalue weighted by Crippen LogP contribution is 2.35. The topological polar surface area (TPSA) is 32.5 Å². The zero-order chi connectivity index (χ0) is 14.8. The standard InChI is InChI=1S/C18H29N3/c1-14-7-8-15(2)21(14)16-9-10-18(17(19)13-16)20-11-5-3-4-6-12-20/h9-10,13-15H,3-8,11-12,19H2,1-2H3/t14-,15-/m0/s1. The summed E-state index contributed by atoms with van der Waals surface area (Å²) in [5.74, 6) is 0. The highest BCUT2D eigenvalue weighted by molar-refractivity contribution is 5.73. The SMILES string of the molecule is C[C@H]1CC[C@H](C)N1c1ccc(N2CCCCCC2)c(N)c1. The average Bonchev–Trinajstić information content (AvgIpc) is 2.69. The first kappa shape index (κ1) is 14.6. The van der Waals surface area contributed by atoms with Crippen LogP contribution in [0.15, 0.2) is 18.2 Å². The van der Waals surface area contributed by atoms with Crippen molar-refractivity contribution in [3.63, 3.8) is 0 Å². The maximum absolute atomic E-state index is 6.39. The van der Waals surface area contributed by atoms with E-state index in [0.29, 0.717) is 12.1 Å². The van der Waals surface area contributed by atoms with Crippen LogP contribution >= 0.6 is 0 Å². The van der Waals surface area contributed by atoms with E-state index in [9.17, 15) is 0 Å². The molecule has 0 aromatic heterocycles. The predicted molar refractivity (Wildman–Crippen MR) is 92.2 cm³/mol. The van der Waals surface area contributed by atoms with Gasteiger partial charge in [0.05, 0.1) is 11.4 Å². The zero-order valence-electron chi connectivity index (χ0n) is 13.5. The Bertz CT molecular complexity index is 467. The molecule has 21 heavy (non-hydrogen) atoms. The van der Waals surface area contributed by atoms with E-state index in [4.69, 9.17) is 5.73 Å². The summed E-state index contributed by atoms with van der Waals surface area (Å²) >= 11 is 0. The zero-order valence-corrected chi connectivity index (χ0v) is 13.5. The van der Waals surface area contributed by atoms with Crippen molar-refractivity contribution in [3.05, 3.63) is 18.2 Å². The molecule has 0 saturated carbocycles. The lowest BCUT2D eigenvalue weighted by molar-refractivity contribution is 0.694. The molecule has 2 fully saturated rings. The third kappa shape index (κ3) is 2.97. The van der Waals surface area contributed by atoms with E-state index in [1.54, 1.807) is 0 Å². The molecule has 0 spiro atoms. The van der Waals surface area contributed by atoms with Gasteiger partial charge in [-0.25, -0.2) is 0 Å². The molecule has 0 amide bonds. The van der Waals surface area contributed by atoms with Crippen LogP contribution < -0.4 is 15.5 Å². The van der Waals surface area contributed by atoms with Gasteiger partial charge >= 0.3 is 0 Å². The second-order valence-electron chi connectivity index (χ2n) is 6.83. The van der Waals surface area contributed by atoms with Gasteiger partial charge in [-0.15, -0.1) is 0 Å². The average molecular weight is 287 g/mol. The molecule has 3 heteroatoms. The molecule has 2 N–H and O–H groups in total. The van der Waals surface area contributed by atoms with E-state index in [2.05, 4.69) is 41.8 Å². The van der Waals surface area contributed by atoms with Crippen LogP contribution in [0.25, 0.3) is 0 Å². The molecule has 2 aliphatic heterocycles. The second kappa shape index (κ2) is 6.17. The van der Waals surface area contributed by atoms with Crippen molar-refractivity contribution in [2.24, 2.45) is 0 Å². The van der Waals surface area contributed by atoms with Crippen molar-refractivity contribution in [3.8, 4) is 0 Å². The summed E-state index contributed by atoms with van der Waals surface area (Å²) in [4.78, 5) is 5.01. The van der Waals surface area contributed by atoms with Crippen LogP contribution in [-0.2, 0) is 0 Å². The van der Waals surface area contributed by atoms with Crippen molar-refractivity contribution in [2.45, 2.75) is 64.5 Å². The van der Waals surface area contributed by atoms with Crippen LogP contribution in [0.5, 0.6) is 0 Å². The summed E-state index contributed by atoms with van der Waals surface area (Å²) < 4.78 is 0. The second-order valence-corrected chi connectivity index (χ2v) is 6.83. The summed E-state index contributed by atoms with van der Waals surface area (Å²) in [6.45, 7) is 6.95. The molecule has 3 rings (SSSR count). The van der Waals surface area contributed by atoms with E-state index in [1.165, 1.54) is 49.9 Å². The summed E-state index contributed by atoms with van der Waals surface area (Å²) in [5, 5.41) is 0. The molecule has 0 aliphatic carbocycles. The minimum Gasteiger partial charge on any atom is -0.397 e. The number of nitrogen functional groups attached to an aromatic ring is 1. The first-order chi connectivity index (χ1) is 10.2. The van der Waals surface area contributed by atoms with Gasteiger partial charge in [-0.1, -0.05) is 12.8 Å². The van der Waals surface area contributed by atoms with Gasteiger partial charge < -0.3 is 15.5 Å². The molecule has 1 aromatic rings. The number of nitrogens with zero attached hydrogens (tertiary/aromatic N) is 2. The van der Waals surface area contributed by atoms with Crippen molar-refractivity contribution < 1.29 is 0 Å². The number of hydrogen-bond acceptors (Lipinski definition) is 3. The third-order valence-corrected chi connectivity index (χ3v) is 5.21. The molecule has 0 unspecified atom stereocenters. The normalized spacial score (nSPS) is 27.0. The Labute approximate surface area is 129 Å². The first-order valence-corrected chi connectivity index (χ1v) is 8.59. The molecular formula is C18H29N3. The molecule has 2 heterocycles. The Morgan fingerprint density at radius 3 is 2.14 bits per heavy atom. The molecule has 2 atom stereocenters. The number of anilines is 3. The van der Waals surface area contributed by atoms with Gasteiger partial charge in [0.25, 0.3) is 0 Å². The fourth-order valence-corrected chi connectivity index (χ4v) is 4.01. The monoisotopic (exact) mass is 287 g/mol.